The van der Waals surface area contributed by atoms with Crippen LogP contribution in [0.3, 0.4) is 0 Å². The fourth-order valence-corrected chi connectivity index (χ4v) is 3.53. The van der Waals surface area contributed by atoms with Gasteiger partial charge in [0, 0.05) is 12.1 Å². The Morgan fingerprint density at radius 3 is 2.48 bits per heavy atom. The van der Waals surface area contributed by atoms with Crippen LogP contribution in [0.25, 0.3) is 0 Å². The van der Waals surface area contributed by atoms with Gasteiger partial charge in [0.1, 0.15) is 12.4 Å². The Bertz CT molecular complexity index is 751. The smallest absolute Gasteiger partial charge is 0.180 e. The average molecular weight is 442 g/mol. The van der Waals surface area contributed by atoms with Crippen molar-refractivity contribution in [3.05, 3.63) is 57.3 Å². The lowest BCUT2D eigenvalue weighted by atomic mass is 10.1. The van der Waals surface area contributed by atoms with E-state index < -0.39 is 5.82 Å². The first-order valence-corrected chi connectivity index (χ1v) is 11.0. The van der Waals surface area contributed by atoms with E-state index in [0.29, 0.717) is 40.3 Å². The molecular formula is C23H30Cl2FNO2. The predicted molar refractivity (Wildman–Crippen MR) is 119 cm³/mol. The largest absolute Gasteiger partial charge is 0.490 e. The van der Waals surface area contributed by atoms with Crippen LogP contribution in [0, 0.1) is 5.82 Å². The summed E-state index contributed by atoms with van der Waals surface area (Å²) in [4.78, 5) is 0. The zero-order chi connectivity index (χ0) is 21.1. The fraction of sp³-hybridized carbons (Fsp3) is 0.478. The first kappa shape index (κ1) is 23.8. The van der Waals surface area contributed by atoms with Crippen molar-refractivity contribution in [3.8, 4) is 11.5 Å². The van der Waals surface area contributed by atoms with Gasteiger partial charge in [-0.3, -0.25) is 0 Å². The summed E-state index contributed by atoms with van der Waals surface area (Å²) >= 11 is 12.5. The standard InChI is InChI=1S/C23H30Cl2FNO2/c1-3-5-6-7-8-12-27-15-17-13-20(25)23(22(14-17)28-4-2)29-16-18-19(24)10-9-11-21(18)26/h9-11,13-14,27H,3-8,12,15-16H2,1-2H3. The van der Waals surface area contributed by atoms with Crippen LogP contribution in [0.2, 0.25) is 10.0 Å². The summed E-state index contributed by atoms with van der Waals surface area (Å²) in [5, 5.41) is 4.20. The molecule has 2 aromatic rings. The van der Waals surface area contributed by atoms with Crippen molar-refractivity contribution in [2.24, 2.45) is 0 Å². The van der Waals surface area contributed by atoms with E-state index in [2.05, 4.69) is 12.2 Å². The van der Waals surface area contributed by atoms with Crippen LogP contribution in [-0.2, 0) is 13.2 Å². The zero-order valence-electron chi connectivity index (χ0n) is 17.2. The molecule has 6 heteroatoms. The van der Waals surface area contributed by atoms with E-state index in [1.807, 2.05) is 19.1 Å². The maximum Gasteiger partial charge on any atom is 0.180 e. The van der Waals surface area contributed by atoms with E-state index in [4.69, 9.17) is 32.7 Å². The molecule has 29 heavy (non-hydrogen) atoms. The molecular weight excluding hydrogens is 412 g/mol. The number of hydrogen-bond acceptors (Lipinski definition) is 3. The van der Waals surface area contributed by atoms with E-state index in [9.17, 15) is 4.39 Å². The van der Waals surface area contributed by atoms with Gasteiger partial charge in [0.15, 0.2) is 11.5 Å². The molecule has 0 unspecified atom stereocenters. The van der Waals surface area contributed by atoms with Crippen LogP contribution < -0.4 is 14.8 Å². The van der Waals surface area contributed by atoms with Crippen LogP contribution in [0.4, 0.5) is 4.39 Å². The highest BCUT2D eigenvalue weighted by Crippen LogP contribution is 2.37. The van der Waals surface area contributed by atoms with Crippen molar-refractivity contribution in [1.29, 1.82) is 0 Å². The summed E-state index contributed by atoms with van der Waals surface area (Å²) < 4.78 is 25.5. The van der Waals surface area contributed by atoms with E-state index in [-0.39, 0.29) is 6.61 Å². The number of nitrogens with one attached hydrogen (secondary N) is 1. The van der Waals surface area contributed by atoms with Gasteiger partial charge in [-0.15, -0.1) is 0 Å². The Hall–Kier alpha value is -1.49. The molecule has 0 aliphatic heterocycles. The topological polar surface area (TPSA) is 30.5 Å². The molecule has 0 bridgehead atoms. The molecule has 160 valence electrons. The average Bonchev–Trinajstić information content (AvgIpc) is 2.68. The van der Waals surface area contributed by atoms with Crippen LogP contribution in [0.15, 0.2) is 30.3 Å². The number of ether oxygens (including phenoxy) is 2. The van der Waals surface area contributed by atoms with Gasteiger partial charge >= 0.3 is 0 Å². The van der Waals surface area contributed by atoms with Gasteiger partial charge < -0.3 is 14.8 Å². The van der Waals surface area contributed by atoms with E-state index >= 15 is 0 Å². The number of unbranched alkanes of at least 4 members (excludes halogenated alkanes) is 4. The van der Waals surface area contributed by atoms with Crippen molar-refractivity contribution in [3.63, 3.8) is 0 Å². The molecule has 3 nitrogen and oxygen atoms in total. The third-order valence-corrected chi connectivity index (χ3v) is 5.21. The Labute approximate surface area is 183 Å². The first-order chi connectivity index (χ1) is 14.1. The molecule has 1 N–H and O–H groups in total. The van der Waals surface area contributed by atoms with E-state index in [1.165, 1.54) is 31.7 Å². The lowest BCUT2D eigenvalue weighted by Gasteiger charge is -2.16. The molecule has 2 rings (SSSR count). The summed E-state index contributed by atoms with van der Waals surface area (Å²) in [6.07, 6.45) is 6.25. The minimum absolute atomic E-state index is 0.0271. The van der Waals surface area contributed by atoms with Gasteiger partial charge in [-0.05, 0) is 49.7 Å². The van der Waals surface area contributed by atoms with Crippen LogP contribution in [0.1, 0.15) is 57.1 Å². The van der Waals surface area contributed by atoms with Crippen LogP contribution in [-0.4, -0.2) is 13.2 Å². The molecule has 0 saturated carbocycles. The maximum absolute atomic E-state index is 14.0. The van der Waals surface area contributed by atoms with Gasteiger partial charge in [0.2, 0.25) is 0 Å². The molecule has 0 atom stereocenters. The highest BCUT2D eigenvalue weighted by atomic mass is 35.5. The molecule has 0 radical (unpaired) electrons. The Kier molecular flexibility index (Phi) is 10.6. The van der Waals surface area contributed by atoms with Crippen molar-refractivity contribution in [2.45, 2.75) is 59.1 Å². The lowest BCUT2D eigenvalue weighted by molar-refractivity contribution is 0.266. The summed E-state index contributed by atoms with van der Waals surface area (Å²) in [5.41, 5.74) is 1.31. The quantitative estimate of drug-likeness (QED) is 0.334. The Morgan fingerprint density at radius 2 is 1.76 bits per heavy atom. The molecule has 2 aromatic carbocycles. The number of rotatable bonds is 13. The minimum Gasteiger partial charge on any atom is -0.490 e. The third-order valence-electron chi connectivity index (χ3n) is 4.58. The van der Waals surface area contributed by atoms with E-state index in [1.54, 1.807) is 12.1 Å². The maximum atomic E-state index is 14.0. The van der Waals surface area contributed by atoms with Crippen LogP contribution in [0.5, 0.6) is 11.5 Å². The Morgan fingerprint density at radius 1 is 0.966 bits per heavy atom. The molecule has 0 aliphatic carbocycles. The second-order valence-corrected chi connectivity index (χ2v) is 7.73. The first-order valence-electron chi connectivity index (χ1n) is 10.3. The molecule has 0 fully saturated rings. The second kappa shape index (κ2) is 12.9. The molecule has 0 spiro atoms. The summed E-state index contributed by atoms with van der Waals surface area (Å²) in [5.74, 6) is 0.537. The number of benzene rings is 2. The van der Waals surface area contributed by atoms with Crippen molar-refractivity contribution < 1.29 is 13.9 Å². The van der Waals surface area contributed by atoms with Gasteiger partial charge in [-0.2, -0.15) is 0 Å². The van der Waals surface area contributed by atoms with Crippen molar-refractivity contribution in [2.75, 3.05) is 13.2 Å². The highest BCUT2D eigenvalue weighted by molar-refractivity contribution is 6.32. The lowest BCUT2D eigenvalue weighted by Crippen LogP contribution is -2.15. The van der Waals surface area contributed by atoms with Crippen molar-refractivity contribution >= 4 is 23.2 Å². The summed E-state index contributed by atoms with van der Waals surface area (Å²) in [6, 6.07) is 8.31. The van der Waals surface area contributed by atoms with E-state index in [0.717, 1.165) is 18.5 Å². The Balaban J connectivity index is 2.00. The molecule has 0 saturated heterocycles. The fourth-order valence-electron chi connectivity index (χ4n) is 3.03. The van der Waals surface area contributed by atoms with Gasteiger partial charge in [0.25, 0.3) is 0 Å². The normalized spacial score (nSPS) is 10.9. The third kappa shape index (κ3) is 7.69. The van der Waals surface area contributed by atoms with Gasteiger partial charge in [-0.25, -0.2) is 4.39 Å². The number of halogens is 3. The van der Waals surface area contributed by atoms with Gasteiger partial charge in [-0.1, -0.05) is 61.9 Å². The van der Waals surface area contributed by atoms with Crippen LogP contribution >= 0.6 is 23.2 Å². The van der Waals surface area contributed by atoms with Gasteiger partial charge in [0.05, 0.1) is 16.7 Å². The summed E-state index contributed by atoms with van der Waals surface area (Å²) in [7, 11) is 0. The molecule has 0 aliphatic rings. The predicted octanol–water partition coefficient (Wildman–Crippen LogP) is 7.17. The minimum atomic E-state index is -0.411. The SMILES string of the molecule is CCCCCCCNCc1cc(Cl)c(OCc2c(F)cccc2Cl)c(OCC)c1. The monoisotopic (exact) mass is 441 g/mol. The molecule has 0 amide bonds. The van der Waals surface area contributed by atoms with Crippen molar-refractivity contribution in [1.82, 2.24) is 5.32 Å². The molecule has 0 aromatic heterocycles. The highest BCUT2D eigenvalue weighted by Gasteiger charge is 2.15. The zero-order valence-corrected chi connectivity index (χ0v) is 18.7. The summed E-state index contributed by atoms with van der Waals surface area (Å²) in [6.45, 7) is 6.23. The second-order valence-electron chi connectivity index (χ2n) is 6.92. The number of hydrogen-bond donors (Lipinski definition) is 1. The molecule has 0 heterocycles.